The van der Waals surface area contributed by atoms with E-state index in [2.05, 4.69) is 37.4 Å². The van der Waals surface area contributed by atoms with Gasteiger partial charge in [-0.05, 0) is 0 Å². The SMILES string of the molecule is F[C@H](Cl)C(F)(F)OCCOCCOC(F)(F)[C@H](F)Cl. The lowest BCUT2D eigenvalue weighted by molar-refractivity contribution is -0.267. The molecule has 0 aromatic carbocycles. The van der Waals surface area contributed by atoms with Crippen molar-refractivity contribution in [1.82, 2.24) is 0 Å². The van der Waals surface area contributed by atoms with E-state index in [1.807, 2.05) is 0 Å². The Morgan fingerprint density at radius 3 is 1.32 bits per heavy atom. The minimum atomic E-state index is -4.17. The van der Waals surface area contributed by atoms with Crippen molar-refractivity contribution < 1.29 is 40.6 Å². The van der Waals surface area contributed by atoms with Gasteiger partial charge in [0.15, 0.2) is 0 Å². The third-order valence-electron chi connectivity index (χ3n) is 1.55. The fourth-order valence-electron chi connectivity index (χ4n) is 0.701. The van der Waals surface area contributed by atoms with E-state index < -0.39 is 49.9 Å². The summed E-state index contributed by atoms with van der Waals surface area (Å²) in [5.74, 6) is 0. The minimum absolute atomic E-state index is 0.450. The third-order valence-corrected chi connectivity index (χ3v) is 2.06. The molecule has 19 heavy (non-hydrogen) atoms. The summed E-state index contributed by atoms with van der Waals surface area (Å²) < 4.78 is 85.7. The molecule has 116 valence electrons. The predicted molar refractivity (Wildman–Crippen MR) is 54.1 cm³/mol. The molecule has 0 rings (SSSR count). The van der Waals surface area contributed by atoms with E-state index >= 15 is 0 Å². The van der Waals surface area contributed by atoms with Gasteiger partial charge in [-0.15, -0.1) is 0 Å². The van der Waals surface area contributed by atoms with E-state index in [0.717, 1.165) is 0 Å². The molecule has 0 aromatic rings. The monoisotopic (exact) mass is 338 g/mol. The molecule has 0 aromatic heterocycles. The first-order valence-electron chi connectivity index (χ1n) is 4.77. The molecule has 0 saturated carbocycles. The van der Waals surface area contributed by atoms with E-state index in [4.69, 9.17) is 0 Å². The Bertz CT molecular complexity index is 231. The van der Waals surface area contributed by atoms with Crippen molar-refractivity contribution >= 4 is 23.2 Å². The number of hydrogen-bond acceptors (Lipinski definition) is 3. The number of rotatable bonds is 10. The van der Waals surface area contributed by atoms with Crippen molar-refractivity contribution in [2.75, 3.05) is 26.4 Å². The molecule has 2 atom stereocenters. The summed E-state index contributed by atoms with van der Waals surface area (Å²) in [4.78, 5) is 0. The van der Waals surface area contributed by atoms with Gasteiger partial charge in [-0.2, -0.15) is 17.6 Å². The second-order valence-electron chi connectivity index (χ2n) is 3.03. The van der Waals surface area contributed by atoms with E-state index in [9.17, 15) is 26.3 Å². The average Bonchev–Trinajstić information content (AvgIpc) is 2.27. The van der Waals surface area contributed by atoms with Crippen molar-refractivity contribution in [1.29, 1.82) is 0 Å². The lowest BCUT2D eigenvalue weighted by Crippen LogP contribution is -2.32. The molecule has 0 amide bonds. The summed E-state index contributed by atoms with van der Waals surface area (Å²) >= 11 is 8.96. The second-order valence-corrected chi connectivity index (χ2v) is 3.80. The Kier molecular flexibility index (Phi) is 8.37. The first-order chi connectivity index (χ1) is 8.59. The molecule has 0 aliphatic rings. The van der Waals surface area contributed by atoms with Gasteiger partial charge in [0.2, 0.25) is 0 Å². The van der Waals surface area contributed by atoms with E-state index in [1.165, 1.54) is 0 Å². The largest absolute Gasteiger partial charge is 0.401 e. The standard InChI is InChI=1S/C8H10Cl2F6O3/c9-5(11)7(13,14)18-3-1-17-2-4-19-8(15,16)6(10)12/h5-6H,1-4H2/t5-,6-/m0/s1. The Morgan fingerprint density at radius 2 is 1.05 bits per heavy atom. The molecular formula is C8H10Cl2F6O3. The van der Waals surface area contributed by atoms with Crippen LogP contribution in [0.2, 0.25) is 0 Å². The summed E-state index contributed by atoms with van der Waals surface area (Å²) in [6.45, 7) is -2.35. The van der Waals surface area contributed by atoms with E-state index in [-0.39, 0.29) is 0 Å². The maximum Gasteiger partial charge on any atom is 0.401 e. The van der Waals surface area contributed by atoms with Crippen LogP contribution in [0.1, 0.15) is 0 Å². The number of hydrogen-bond donors (Lipinski definition) is 0. The van der Waals surface area contributed by atoms with Crippen LogP contribution in [0.25, 0.3) is 0 Å². The van der Waals surface area contributed by atoms with Gasteiger partial charge in [0, 0.05) is 0 Å². The van der Waals surface area contributed by atoms with Gasteiger partial charge in [0.25, 0.3) is 11.3 Å². The lowest BCUT2D eigenvalue weighted by Gasteiger charge is -2.17. The molecule has 3 nitrogen and oxygen atoms in total. The Morgan fingerprint density at radius 1 is 0.737 bits per heavy atom. The summed E-state index contributed by atoms with van der Waals surface area (Å²) in [6, 6.07) is 0. The van der Waals surface area contributed by atoms with Gasteiger partial charge in [0.1, 0.15) is 0 Å². The number of alkyl halides is 8. The van der Waals surface area contributed by atoms with Crippen LogP contribution >= 0.6 is 23.2 Å². The minimum Gasteiger partial charge on any atom is -0.377 e. The van der Waals surface area contributed by atoms with Crippen molar-refractivity contribution in [3.05, 3.63) is 0 Å². The predicted octanol–water partition coefficient (Wildman–Crippen LogP) is 3.29. The molecule has 0 aliphatic carbocycles. The summed E-state index contributed by atoms with van der Waals surface area (Å²) in [5.41, 5.74) is -6.03. The molecule has 0 N–H and O–H groups in total. The normalized spacial score (nSPS) is 16.4. The molecular weight excluding hydrogens is 329 g/mol. The molecule has 0 bridgehead atoms. The highest BCUT2D eigenvalue weighted by molar-refractivity contribution is 6.20. The summed E-state index contributed by atoms with van der Waals surface area (Å²) in [6.07, 6.45) is -8.34. The van der Waals surface area contributed by atoms with Gasteiger partial charge in [-0.25, -0.2) is 8.78 Å². The molecule has 0 spiro atoms. The van der Waals surface area contributed by atoms with E-state index in [1.54, 1.807) is 0 Å². The third kappa shape index (κ3) is 8.03. The van der Waals surface area contributed by atoms with Gasteiger partial charge < -0.3 is 14.2 Å². The molecule has 0 aliphatic heterocycles. The van der Waals surface area contributed by atoms with Crippen molar-refractivity contribution in [3.8, 4) is 0 Å². The van der Waals surface area contributed by atoms with Crippen molar-refractivity contribution in [3.63, 3.8) is 0 Å². The van der Waals surface area contributed by atoms with Gasteiger partial charge in [-0.1, -0.05) is 23.2 Å². The first-order valence-corrected chi connectivity index (χ1v) is 5.64. The molecule has 0 heterocycles. The lowest BCUT2D eigenvalue weighted by atomic mass is 10.6. The zero-order valence-corrected chi connectivity index (χ0v) is 10.7. The van der Waals surface area contributed by atoms with Crippen LogP contribution in [0.15, 0.2) is 0 Å². The molecule has 0 saturated heterocycles. The second kappa shape index (κ2) is 8.35. The molecule has 0 fully saturated rings. The smallest absolute Gasteiger partial charge is 0.377 e. The highest BCUT2D eigenvalue weighted by Gasteiger charge is 2.41. The zero-order chi connectivity index (χ0) is 15.1. The van der Waals surface area contributed by atoms with Crippen molar-refractivity contribution in [2.24, 2.45) is 0 Å². The highest BCUT2D eigenvalue weighted by atomic mass is 35.5. The zero-order valence-electron chi connectivity index (χ0n) is 9.23. The van der Waals surface area contributed by atoms with Crippen LogP contribution in [-0.2, 0) is 14.2 Å². The number of halogens is 8. The maximum absolute atomic E-state index is 12.4. The van der Waals surface area contributed by atoms with Gasteiger partial charge in [-0.3, -0.25) is 0 Å². The fraction of sp³-hybridized carbons (Fsp3) is 1.00. The highest BCUT2D eigenvalue weighted by Crippen LogP contribution is 2.26. The van der Waals surface area contributed by atoms with Crippen LogP contribution in [0.5, 0.6) is 0 Å². The fourth-order valence-corrected chi connectivity index (χ4v) is 0.827. The van der Waals surface area contributed by atoms with Crippen LogP contribution in [0.4, 0.5) is 26.3 Å². The summed E-state index contributed by atoms with van der Waals surface area (Å²) in [7, 11) is 0. The van der Waals surface area contributed by atoms with Gasteiger partial charge in [0.05, 0.1) is 26.4 Å². The number of ether oxygens (including phenoxy) is 3. The molecule has 11 heteroatoms. The maximum atomic E-state index is 12.4. The Balaban J connectivity index is 3.57. The van der Waals surface area contributed by atoms with E-state index in [0.29, 0.717) is 0 Å². The van der Waals surface area contributed by atoms with Gasteiger partial charge >= 0.3 is 12.2 Å². The van der Waals surface area contributed by atoms with Crippen LogP contribution in [-0.4, -0.2) is 49.9 Å². The Labute approximate surface area is 114 Å². The van der Waals surface area contributed by atoms with Crippen LogP contribution < -0.4 is 0 Å². The first kappa shape index (κ1) is 19.0. The van der Waals surface area contributed by atoms with Crippen LogP contribution in [0, 0.1) is 0 Å². The summed E-state index contributed by atoms with van der Waals surface area (Å²) in [5, 5.41) is 0. The quantitative estimate of drug-likeness (QED) is 0.347. The molecule has 0 radical (unpaired) electrons. The Hall–Kier alpha value is 0.0400. The average molecular weight is 339 g/mol. The van der Waals surface area contributed by atoms with Crippen LogP contribution in [0.3, 0.4) is 0 Å². The topological polar surface area (TPSA) is 27.7 Å². The van der Waals surface area contributed by atoms with Crippen molar-refractivity contribution in [2.45, 2.75) is 23.5 Å². The molecule has 0 unspecified atom stereocenters.